The fourth-order valence-electron chi connectivity index (χ4n) is 3.93. The Balaban J connectivity index is 1.59. The van der Waals surface area contributed by atoms with Crippen molar-refractivity contribution in [1.29, 1.82) is 0 Å². The zero-order valence-corrected chi connectivity index (χ0v) is 13.9. The number of aromatic nitrogens is 2. The van der Waals surface area contributed by atoms with Crippen molar-refractivity contribution < 1.29 is 14.0 Å². The van der Waals surface area contributed by atoms with Crippen molar-refractivity contribution in [3.8, 4) is 0 Å². The van der Waals surface area contributed by atoms with Crippen LogP contribution in [0.5, 0.6) is 0 Å². The molecular weight excluding hydrogens is 308 g/mol. The second-order valence-corrected chi connectivity index (χ2v) is 6.78. The molecule has 0 saturated carbocycles. The van der Waals surface area contributed by atoms with Crippen LogP contribution in [0, 0.1) is 0 Å². The normalized spacial score (nSPS) is 19.7. The molecule has 7 heteroatoms. The number of hydrogen-bond acceptors (Lipinski definition) is 4. The largest absolute Gasteiger partial charge is 0.459 e. The van der Waals surface area contributed by atoms with Crippen molar-refractivity contribution in [2.45, 2.75) is 18.3 Å². The molecule has 1 saturated heterocycles. The number of likely N-dealkylation sites (tertiary alicyclic amines) is 1. The molecule has 1 fully saturated rings. The summed E-state index contributed by atoms with van der Waals surface area (Å²) in [5.41, 5.74) is 1.41. The van der Waals surface area contributed by atoms with E-state index in [1.165, 1.54) is 6.26 Å². The van der Waals surface area contributed by atoms with Gasteiger partial charge in [0.15, 0.2) is 5.76 Å². The first kappa shape index (κ1) is 15.0. The number of carbonyl (C=O) groups excluding carboxylic acids is 2. The van der Waals surface area contributed by atoms with Gasteiger partial charge in [-0.05, 0) is 25.0 Å². The number of fused-ring (bicyclic) bond motifs is 2. The Morgan fingerprint density at radius 2 is 2.04 bits per heavy atom. The third kappa shape index (κ3) is 2.15. The summed E-state index contributed by atoms with van der Waals surface area (Å²) in [6.07, 6.45) is 4.90. The molecule has 126 valence electrons. The fraction of sp³-hybridized carbons (Fsp3) is 0.471. The molecule has 0 atom stereocenters. The van der Waals surface area contributed by atoms with Gasteiger partial charge >= 0.3 is 0 Å². The van der Waals surface area contributed by atoms with Gasteiger partial charge in [-0.1, -0.05) is 0 Å². The zero-order chi connectivity index (χ0) is 16.9. The highest BCUT2D eigenvalue weighted by Gasteiger charge is 2.47. The van der Waals surface area contributed by atoms with Gasteiger partial charge in [-0.3, -0.25) is 14.3 Å². The first-order valence-electron chi connectivity index (χ1n) is 8.12. The minimum atomic E-state index is -0.167. The molecule has 2 aliphatic rings. The standard InChI is InChI=1S/C17H20N4O3/c1-19-11-17(14-12(15(19)22)10-20(2)18-14)5-7-21(8-6-17)16(23)13-4-3-9-24-13/h3-4,9-10H,5-8,11H2,1-2H3. The number of piperidine rings is 1. The van der Waals surface area contributed by atoms with Gasteiger partial charge in [-0.25, -0.2) is 0 Å². The zero-order valence-electron chi connectivity index (χ0n) is 13.9. The Labute approximate surface area is 139 Å². The van der Waals surface area contributed by atoms with Crippen molar-refractivity contribution in [3.05, 3.63) is 41.6 Å². The number of likely N-dealkylation sites (N-methyl/N-ethyl adjacent to an activating group) is 1. The fourth-order valence-corrected chi connectivity index (χ4v) is 3.93. The van der Waals surface area contributed by atoms with Crippen LogP contribution >= 0.6 is 0 Å². The molecule has 24 heavy (non-hydrogen) atoms. The second-order valence-electron chi connectivity index (χ2n) is 6.78. The van der Waals surface area contributed by atoms with Crippen LogP contribution in [0.3, 0.4) is 0 Å². The van der Waals surface area contributed by atoms with Crippen LogP contribution in [-0.4, -0.2) is 58.1 Å². The third-order valence-electron chi connectivity index (χ3n) is 5.19. The minimum Gasteiger partial charge on any atom is -0.459 e. The Morgan fingerprint density at radius 3 is 2.71 bits per heavy atom. The van der Waals surface area contributed by atoms with Crippen LogP contribution in [0.25, 0.3) is 0 Å². The molecule has 0 radical (unpaired) electrons. The lowest BCUT2D eigenvalue weighted by Crippen LogP contribution is -2.54. The summed E-state index contributed by atoms with van der Waals surface area (Å²) in [4.78, 5) is 28.4. The summed E-state index contributed by atoms with van der Waals surface area (Å²) in [5, 5.41) is 4.58. The average molecular weight is 328 g/mol. The van der Waals surface area contributed by atoms with E-state index < -0.39 is 0 Å². The number of carbonyl (C=O) groups is 2. The number of aryl methyl sites for hydroxylation is 1. The third-order valence-corrected chi connectivity index (χ3v) is 5.19. The molecule has 4 rings (SSSR count). The first-order valence-corrected chi connectivity index (χ1v) is 8.12. The quantitative estimate of drug-likeness (QED) is 0.790. The topological polar surface area (TPSA) is 71.6 Å². The minimum absolute atomic E-state index is 0.0258. The highest BCUT2D eigenvalue weighted by atomic mass is 16.3. The summed E-state index contributed by atoms with van der Waals surface area (Å²) in [6, 6.07) is 3.41. The molecule has 2 aromatic heterocycles. The average Bonchev–Trinajstić information content (AvgIpc) is 3.23. The van der Waals surface area contributed by atoms with Gasteiger partial charge in [0.2, 0.25) is 0 Å². The number of nitrogens with zero attached hydrogens (tertiary/aromatic N) is 4. The maximum absolute atomic E-state index is 12.4. The first-order chi connectivity index (χ1) is 11.5. The van der Waals surface area contributed by atoms with Crippen LogP contribution in [0.2, 0.25) is 0 Å². The maximum atomic E-state index is 12.4. The molecule has 1 spiro atoms. The molecule has 0 aliphatic carbocycles. The second kappa shape index (κ2) is 5.22. The smallest absolute Gasteiger partial charge is 0.289 e. The van der Waals surface area contributed by atoms with Gasteiger partial charge in [0.1, 0.15) is 0 Å². The number of hydrogen-bond donors (Lipinski definition) is 0. The Morgan fingerprint density at radius 1 is 1.29 bits per heavy atom. The monoisotopic (exact) mass is 328 g/mol. The predicted octanol–water partition coefficient (Wildman–Crippen LogP) is 1.27. The Hall–Kier alpha value is -2.57. The van der Waals surface area contributed by atoms with Gasteiger partial charge in [-0.15, -0.1) is 0 Å². The Bertz CT molecular complexity index is 785. The lowest BCUT2D eigenvalue weighted by atomic mass is 9.72. The number of amides is 2. The van der Waals surface area contributed by atoms with Crippen molar-refractivity contribution in [1.82, 2.24) is 19.6 Å². The van der Waals surface area contributed by atoms with Gasteiger partial charge < -0.3 is 14.2 Å². The molecule has 7 nitrogen and oxygen atoms in total. The lowest BCUT2D eigenvalue weighted by Gasteiger charge is -2.45. The van der Waals surface area contributed by atoms with Crippen LogP contribution in [0.1, 0.15) is 39.4 Å². The van der Waals surface area contributed by atoms with Gasteiger partial charge in [0.05, 0.1) is 17.5 Å². The number of rotatable bonds is 1. The highest BCUT2D eigenvalue weighted by Crippen LogP contribution is 2.40. The Kier molecular flexibility index (Phi) is 3.26. The molecule has 2 aliphatic heterocycles. The molecule has 0 aromatic carbocycles. The van der Waals surface area contributed by atoms with E-state index in [-0.39, 0.29) is 17.2 Å². The van der Waals surface area contributed by atoms with Gasteiger partial charge in [0, 0.05) is 45.3 Å². The van der Waals surface area contributed by atoms with E-state index in [1.807, 2.05) is 19.0 Å². The van der Waals surface area contributed by atoms with Crippen molar-refractivity contribution in [3.63, 3.8) is 0 Å². The van der Waals surface area contributed by atoms with E-state index in [9.17, 15) is 9.59 Å². The van der Waals surface area contributed by atoms with E-state index >= 15 is 0 Å². The van der Waals surface area contributed by atoms with Crippen LogP contribution < -0.4 is 0 Å². The van der Waals surface area contributed by atoms with Crippen LogP contribution in [0.15, 0.2) is 29.0 Å². The summed E-state index contributed by atoms with van der Waals surface area (Å²) in [6.45, 7) is 1.92. The highest BCUT2D eigenvalue weighted by molar-refractivity contribution is 5.96. The van der Waals surface area contributed by atoms with E-state index in [0.717, 1.165) is 18.5 Å². The predicted molar refractivity (Wildman–Crippen MR) is 85.7 cm³/mol. The molecular formula is C17H20N4O3. The molecule has 0 bridgehead atoms. The summed E-state index contributed by atoms with van der Waals surface area (Å²) >= 11 is 0. The summed E-state index contributed by atoms with van der Waals surface area (Å²) in [5.74, 6) is 0.328. The van der Waals surface area contributed by atoms with E-state index in [0.29, 0.717) is 31.0 Å². The van der Waals surface area contributed by atoms with Crippen molar-refractivity contribution >= 4 is 11.8 Å². The molecule has 0 N–H and O–H groups in total. The van der Waals surface area contributed by atoms with E-state index in [1.54, 1.807) is 27.9 Å². The van der Waals surface area contributed by atoms with E-state index in [4.69, 9.17) is 4.42 Å². The summed E-state index contributed by atoms with van der Waals surface area (Å²) in [7, 11) is 3.68. The maximum Gasteiger partial charge on any atom is 0.289 e. The summed E-state index contributed by atoms with van der Waals surface area (Å²) < 4.78 is 6.93. The lowest BCUT2D eigenvalue weighted by molar-refractivity contribution is 0.0525. The SMILES string of the molecule is CN1CC2(CCN(C(=O)c3ccco3)CC2)c2nn(C)cc2C1=O. The van der Waals surface area contributed by atoms with Crippen molar-refractivity contribution in [2.75, 3.05) is 26.7 Å². The van der Waals surface area contributed by atoms with Gasteiger partial charge in [0.25, 0.3) is 11.8 Å². The van der Waals surface area contributed by atoms with Crippen LogP contribution in [-0.2, 0) is 12.5 Å². The van der Waals surface area contributed by atoms with Gasteiger partial charge in [-0.2, -0.15) is 5.10 Å². The van der Waals surface area contributed by atoms with Crippen LogP contribution in [0.4, 0.5) is 0 Å². The number of furan rings is 1. The molecule has 2 aromatic rings. The van der Waals surface area contributed by atoms with E-state index in [2.05, 4.69) is 5.10 Å². The van der Waals surface area contributed by atoms with Crippen molar-refractivity contribution in [2.24, 2.45) is 7.05 Å². The molecule has 0 unspecified atom stereocenters. The molecule has 4 heterocycles. The molecule has 2 amide bonds.